The molecule has 2 aromatic rings. The molecule has 0 unspecified atom stereocenters. The van der Waals surface area contributed by atoms with Gasteiger partial charge < -0.3 is 10.1 Å². The molecule has 0 bridgehead atoms. The first-order chi connectivity index (χ1) is 9.65. The van der Waals surface area contributed by atoms with Crippen LogP contribution >= 0.6 is 11.3 Å². The molecule has 1 heterocycles. The fourth-order valence-corrected chi connectivity index (χ4v) is 2.17. The summed E-state index contributed by atoms with van der Waals surface area (Å²) in [5.74, 6) is -1.14. The molecule has 7 heteroatoms. The van der Waals surface area contributed by atoms with Gasteiger partial charge in [0.05, 0.1) is 29.4 Å². The van der Waals surface area contributed by atoms with E-state index in [-0.39, 0.29) is 23.6 Å². The van der Waals surface area contributed by atoms with Gasteiger partial charge in [0.25, 0.3) is 0 Å². The molecular formula is C13H10FN3O2S. The summed E-state index contributed by atoms with van der Waals surface area (Å²) in [5.41, 5.74) is 1.97. The molecule has 102 valence electrons. The number of nitrogens with zero attached hydrogens (tertiary/aromatic N) is 2. The molecule has 5 nitrogen and oxygen atoms in total. The van der Waals surface area contributed by atoms with Gasteiger partial charge in [0.2, 0.25) is 0 Å². The van der Waals surface area contributed by atoms with E-state index in [4.69, 9.17) is 10.00 Å². The van der Waals surface area contributed by atoms with Crippen LogP contribution in [0.2, 0.25) is 0 Å². The molecule has 1 aromatic carbocycles. The highest BCUT2D eigenvalue weighted by Gasteiger charge is 2.17. The zero-order chi connectivity index (χ0) is 14.5. The van der Waals surface area contributed by atoms with Crippen molar-refractivity contribution in [3.8, 4) is 6.07 Å². The van der Waals surface area contributed by atoms with Crippen LogP contribution in [0.25, 0.3) is 0 Å². The SMILES string of the molecule is CCOC(=O)c1ncsc1Nc1ccc(C#N)cc1F. The average molecular weight is 291 g/mol. The number of nitriles is 1. The minimum Gasteiger partial charge on any atom is -0.461 e. The third-order valence-corrected chi connectivity index (χ3v) is 3.12. The molecular weight excluding hydrogens is 281 g/mol. The quantitative estimate of drug-likeness (QED) is 0.876. The number of anilines is 2. The normalized spacial score (nSPS) is 9.85. The van der Waals surface area contributed by atoms with Crippen molar-refractivity contribution in [3.05, 3.63) is 40.8 Å². The largest absolute Gasteiger partial charge is 0.461 e. The van der Waals surface area contributed by atoms with Crippen molar-refractivity contribution in [2.75, 3.05) is 11.9 Å². The van der Waals surface area contributed by atoms with Crippen molar-refractivity contribution >= 4 is 28.0 Å². The molecule has 0 atom stereocenters. The molecule has 20 heavy (non-hydrogen) atoms. The number of nitrogens with one attached hydrogen (secondary N) is 1. The van der Waals surface area contributed by atoms with Crippen molar-refractivity contribution in [2.24, 2.45) is 0 Å². The molecule has 0 aliphatic rings. The Kier molecular flexibility index (Phi) is 4.27. The Bertz CT molecular complexity index is 678. The van der Waals surface area contributed by atoms with E-state index in [1.165, 1.54) is 17.6 Å². The third-order valence-electron chi connectivity index (χ3n) is 2.38. The van der Waals surface area contributed by atoms with Crippen LogP contribution in [-0.2, 0) is 4.74 Å². The van der Waals surface area contributed by atoms with Crippen LogP contribution in [0.5, 0.6) is 0 Å². The van der Waals surface area contributed by atoms with Crippen LogP contribution in [0, 0.1) is 17.1 Å². The summed E-state index contributed by atoms with van der Waals surface area (Å²) in [6, 6.07) is 5.88. The molecule has 0 amide bonds. The lowest BCUT2D eigenvalue weighted by Gasteiger charge is -2.07. The number of halogens is 1. The van der Waals surface area contributed by atoms with Crippen LogP contribution in [0.3, 0.4) is 0 Å². The van der Waals surface area contributed by atoms with Gasteiger partial charge in [-0.05, 0) is 25.1 Å². The van der Waals surface area contributed by atoms with Gasteiger partial charge >= 0.3 is 5.97 Å². The minimum atomic E-state index is -0.577. The first-order valence-corrected chi connectivity index (χ1v) is 6.61. The van der Waals surface area contributed by atoms with E-state index >= 15 is 0 Å². The van der Waals surface area contributed by atoms with Gasteiger partial charge in [-0.25, -0.2) is 14.2 Å². The number of benzene rings is 1. The number of hydrogen-bond acceptors (Lipinski definition) is 6. The Morgan fingerprint density at radius 3 is 3.05 bits per heavy atom. The minimum absolute atomic E-state index is 0.112. The highest BCUT2D eigenvalue weighted by Crippen LogP contribution is 2.27. The van der Waals surface area contributed by atoms with E-state index in [2.05, 4.69) is 10.3 Å². The van der Waals surface area contributed by atoms with E-state index < -0.39 is 11.8 Å². The smallest absolute Gasteiger partial charge is 0.360 e. The van der Waals surface area contributed by atoms with Crippen LogP contribution in [0.15, 0.2) is 23.7 Å². The number of rotatable bonds is 4. The van der Waals surface area contributed by atoms with Gasteiger partial charge in [0.1, 0.15) is 10.8 Å². The van der Waals surface area contributed by atoms with Gasteiger partial charge in [-0.1, -0.05) is 0 Å². The molecule has 0 radical (unpaired) electrons. The van der Waals surface area contributed by atoms with Gasteiger partial charge in [-0.15, -0.1) is 11.3 Å². The van der Waals surface area contributed by atoms with Crippen LogP contribution in [0.1, 0.15) is 23.0 Å². The second-order valence-corrected chi connectivity index (χ2v) is 4.54. The Morgan fingerprint density at radius 2 is 2.40 bits per heavy atom. The number of aromatic nitrogens is 1. The number of hydrogen-bond donors (Lipinski definition) is 1. The van der Waals surface area contributed by atoms with Crippen LogP contribution < -0.4 is 5.32 Å². The zero-order valence-electron chi connectivity index (χ0n) is 10.5. The fraction of sp³-hybridized carbons (Fsp3) is 0.154. The van der Waals surface area contributed by atoms with Gasteiger partial charge in [0.15, 0.2) is 5.69 Å². The van der Waals surface area contributed by atoms with Gasteiger partial charge in [-0.3, -0.25) is 0 Å². The number of carbonyl (C=O) groups excluding carboxylic acids is 1. The molecule has 0 fully saturated rings. The summed E-state index contributed by atoms with van der Waals surface area (Å²) >= 11 is 1.16. The Labute approximate surface area is 118 Å². The van der Waals surface area contributed by atoms with E-state index in [9.17, 15) is 9.18 Å². The van der Waals surface area contributed by atoms with E-state index in [1.807, 2.05) is 6.07 Å². The molecule has 0 saturated heterocycles. The third kappa shape index (κ3) is 2.92. The molecule has 0 spiro atoms. The molecule has 0 saturated carbocycles. The van der Waals surface area contributed by atoms with Crippen molar-refractivity contribution in [3.63, 3.8) is 0 Å². The number of thiazole rings is 1. The van der Waals surface area contributed by atoms with Crippen molar-refractivity contribution in [2.45, 2.75) is 6.92 Å². The predicted molar refractivity (Wildman–Crippen MR) is 72.5 cm³/mol. The number of ether oxygens (including phenoxy) is 1. The standard InChI is InChI=1S/C13H10FN3O2S/c1-2-19-13(18)11-12(20-7-16-11)17-10-4-3-8(6-15)5-9(10)14/h3-5,7,17H,2H2,1H3. The summed E-state index contributed by atoms with van der Waals surface area (Å²) in [5, 5.41) is 11.9. The van der Waals surface area contributed by atoms with Gasteiger partial charge in [-0.2, -0.15) is 5.26 Å². The zero-order valence-corrected chi connectivity index (χ0v) is 11.3. The number of carbonyl (C=O) groups is 1. The maximum absolute atomic E-state index is 13.8. The summed E-state index contributed by atoms with van der Waals surface area (Å²) in [7, 11) is 0. The van der Waals surface area contributed by atoms with Crippen molar-refractivity contribution < 1.29 is 13.9 Å². The van der Waals surface area contributed by atoms with Gasteiger partial charge in [0, 0.05) is 0 Å². The first kappa shape index (κ1) is 14.0. The average Bonchev–Trinajstić information content (AvgIpc) is 2.89. The second-order valence-electron chi connectivity index (χ2n) is 3.68. The highest BCUT2D eigenvalue weighted by atomic mass is 32.1. The van der Waals surface area contributed by atoms with E-state index in [1.54, 1.807) is 6.92 Å². The maximum Gasteiger partial charge on any atom is 0.360 e. The highest BCUT2D eigenvalue weighted by molar-refractivity contribution is 7.14. The molecule has 1 aromatic heterocycles. The van der Waals surface area contributed by atoms with E-state index in [0.29, 0.717) is 5.00 Å². The summed E-state index contributed by atoms with van der Waals surface area (Å²) < 4.78 is 18.6. The topological polar surface area (TPSA) is 75.0 Å². The predicted octanol–water partition coefficient (Wildman–Crippen LogP) is 3.07. The van der Waals surface area contributed by atoms with Crippen LogP contribution in [0.4, 0.5) is 15.1 Å². The van der Waals surface area contributed by atoms with Crippen LogP contribution in [-0.4, -0.2) is 17.6 Å². The molecule has 0 aliphatic heterocycles. The summed E-state index contributed by atoms with van der Waals surface area (Å²) in [4.78, 5) is 15.5. The maximum atomic E-state index is 13.8. The van der Waals surface area contributed by atoms with Crippen molar-refractivity contribution in [1.29, 1.82) is 5.26 Å². The monoisotopic (exact) mass is 291 g/mol. The molecule has 0 aliphatic carbocycles. The number of esters is 1. The lowest BCUT2D eigenvalue weighted by molar-refractivity contribution is 0.0521. The Morgan fingerprint density at radius 1 is 1.60 bits per heavy atom. The Balaban J connectivity index is 2.25. The summed E-state index contributed by atoms with van der Waals surface area (Å²) in [6.07, 6.45) is 0. The van der Waals surface area contributed by atoms with E-state index in [0.717, 1.165) is 17.4 Å². The molecule has 2 rings (SSSR count). The lowest BCUT2D eigenvalue weighted by Crippen LogP contribution is -2.07. The summed E-state index contributed by atoms with van der Waals surface area (Å²) in [6.45, 7) is 1.93. The molecule has 1 N–H and O–H groups in total. The van der Waals surface area contributed by atoms with Crippen molar-refractivity contribution in [1.82, 2.24) is 4.98 Å². The first-order valence-electron chi connectivity index (χ1n) is 5.73. The fourth-order valence-electron chi connectivity index (χ4n) is 1.49. The second kappa shape index (κ2) is 6.12. The Hall–Kier alpha value is -2.46. The lowest BCUT2D eigenvalue weighted by atomic mass is 10.2.